The molecule has 2 amide bonds. The number of ether oxygens (including phenoxy) is 1. The first-order chi connectivity index (χ1) is 15.0. The summed E-state index contributed by atoms with van der Waals surface area (Å²) in [4.78, 5) is 26.9. The molecule has 0 spiro atoms. The average molecular weight is 477 g/mol. The van der Waals surface area contributed by atoms with Crippen LogP contribution in [0.15, 0.2) is 48.5 Å². The summed E-state index contributed by atoms with van der Waals surface area (Å²) in [6.07, 6.45) is 1.61. The Labute approximate surface area is 192 Å². The van der Waals surface area contributed by atoms with Crippen LogP contribution in [0.3, 0.4) is 0 Å². The monoisotopic (exact) mass is 476 g/mol. The zero-order valence-electron chi connectivity index (χ0n) is 16.3. The molecule has 31 heavy (non-hydrogen) atoms. The maximum Gasteiger partial charge on any atom is 0.286 e. The Morgan fingerprint density at radius 1 is 1.13 bits per heavy atom. The molecule has 1 saturated heterocycles. The number of benzene rings is 2. The van der Waals surface area contributed by atoms with Crippen LogP contribution in [0.5, 0.6) is 5.75 Å². The second-order valence-electron chi connectivity index (χ2n) is 6.90. The molecule has 0 radical (unpaired) electrons. The van der Waals surface area contributed by atoms with Crippen molar-refractivity contribution >= 4 is 52.0 Å². The smallest absolute Gasteiger partial charge is 0.286 e. The molecule has 0 bridgehead atoms. The average Bonchev–Trinajstić information content (AvgIpc) is 3.43. The summed E-state index contributed by atoms with van der Waals surface area (Å²) < 4.78 is 5.58. The minimum Gasteiger partial charge on any atom is -0.484 e. The highest BCUT2D eigenvalue weighted by atomic mass is 35.5. The predicted molar refractivity (Wildman–Crippen MR) is 120 cm³/mol. The number of nitrogens with zero attached hydrogens (tertiary/aromatic N) is 3. The Hall–Kier alpha value is -2.68. The van der Waals surface area contributed by atoms with Gasteiger partial charge in [-0.25, -0.2) is 0 Å². The number of hydrogen-bond donors (Lipinski definition) is 1. The summed E-state index contributed by atoms with van der Waals surface area (Å²) >= 11 is 13.0. The molecule has 4 rings (SSSR count). The van der Waals surface area contributed by atoms with Crippen LogP contribution in [-0.4, -0.2) is 40.1 Å². The highest BCUT2D eigenvalue weighted by Crippen LogP contribution is 2.34. The molecule has 2 heterocycles. The van der Waals surface area contributed by atoms with Gasteiger partial charge in [0.2, 0.25) is 5.01 Å². The maximum absolute atomic E-state index is 12.7. The van der Waals surface area contributed by atoms with Gasteiger partial charge in [0.25, 0.3) is 11.8 Å². The number of carbonyl (C=O) groups is 2. The first-order valence-corrected chi connectivity index (χ1v) is 11.1. The van der Waals surface area contributed by atoms with Crippen LogP contribution in [0.1, 0.15) is 33.7 Å². The summed E-state index contributed by atoms with van der Waals surface area (Å²) in [5, 5.41) is 12.9. The largest absolute Gasteiger partial charge is 0.484 e. The molecule has 160 valence electrons. The number of hydrogen-bond acceptors (Lipinski definition) is 6. The van der Waals surface area contributed by atoms with Gasteiger partial charge in [-0.05, 0) is 55.3 Å². The minimum atomic E-state index is -0.368. The minimum absolute atomic E-state index is 0.0843. The number of anilines is 1. The van der Waals surface area contributed by atoms with Crippen LogP contribution >= 0.6 is 34.5 Å². The molecule has 2 aromatic carbocycles. The van der Waals surface area contributed by atoms with Gasteiger partial charge in [0.15, 0.2) is 6.61 Å². The SMILES string of the molecule is O=C(Nc1cccc(Cl)c1)c1nnc([C@H]2CCCN2C(=O)COc2ccc(Cl)cc2)s1. The molecule has 7 nitrogen and oxygen atoms in total. The molecule has 1 aliphatic heterocycles. The fraction of sp³-hybridized carbons (Fsp3) is 0.238. The van der Waals surface area contributed by atoms with Gasteiger partial charge in [-0.3, -0.25) is 9.59 Å². The number of amides is 2. The highest BCUT2D eigenvalue weighted by molar-refractivity contribution is 7.13. The molecule has 0 saturated carbocycles. The van der Waals surface area contributed by atoms with Gasteiger partial charge >= 0.3 is 0 Å². The Morgan fingerprint density at radius 3 is 2.71 bits per heavy atom. The normalized spacial score (nSPS) is 15.7. The van der Waals surface area contributed by atoms with Crippen LogP contribution in [0.25, 0.3) is 0 Å². The van der Waals surface area contributed by atoms with Gasteiger partial charge in [-0.2, -0.15) is 0 Å². The molecule has 1 N–H and O–H groups in total. The fourth-order valence-electron chi connectivity index (χ4n) is 3.29. The van der Waals surface area contributed by atoms with Crippen LogP contribution in [0, 0.1) is 0 Å². The van der Waals surface area contributed by atoms with E-state index in [2.05, 4.69) is 15.5 Å². The third-order valence-corrected chi connectivity index (χ3v) is 6.26. The lowest BCUT2D eigenvalue weighted by Gasteiger charge is -2.22. The van der Waals surface area contributed by atoms with Crippen molar-refractivity contribution in [2.75, 3.05) is 18.5 Å². The first-order valence-electron chi connectivity index (χ1n) is 9.58. The Kier molecular flexibility index (Phi) is 6.70. The van der Waals surface area contributed by atoms with E-state index < -0.39 is 0 Å². The number of nitrogens with one attached hydrogen (secondary N) is 1. The third kappa shape index (κ3) is 5.33. The molecule has 1 aromatic heterocycles. The van der Waals surface area contributed by atoms with E-state index in [1.165, 1.54) is 11.3 Å². The maximum atomic E-state index is 12.7. The van der Waals surface area contributed by atoms with E-state index in [9.17, 15) is 9.59 Å². The summed E-state index contributed by atoms with van der Waals surface area (Å²) in [6, 6.07) is 13.5. The lowest BCUT2D eigenvalue weighted by molar-refractivity contribution is -0.134. The Morgan fingerprint density at radius 2 is 1.94 bits per heavy atom. The van der Waals surface area contributed by atoms with Crippen molar-refractivity contribution in [2.45, 2.75) is 18.9 Å². The Bertz CT molecular complexity index is 1090. The fourth-order valence-corrected chi connectivity index (χ4v) is 4.50. The van der Waals surface area contributed by atoms with Crippen molar-refractivity contribution in [3.63, 3.8) is 0 Å². The molecular weight excluding hydrogens is 459 g/mol. The molecule has 10 heteroatoms. The van der Waals surface area contributed by atoms with E-state index in [-0.39, 0.29) is 29.5 Å². The van der Waals surface area contributed by atoms with Crippen molar-refractivity contribution in [1.82, 2.24) is 15.1 Å². The predicted octanol–water partition coefficient (Wildman–Crippen LogP) is 4.84. The van der Waals surface area contributed by atoms with Gasteiger partial charge in [0.05, 0.1) is 6.04 Å². The first kappa shape index (κ1) is 21.5. The van der Waals surface area contributed by atoms with Crippen LogP contribution < -0.4 is 10.1 Å². The quantitative estimate of drug-likeness (QED) is 0.549. The number of likely N-dealkylation sites (tertiary alicyclic amines) is 1. The molecule has 1 aliphatic rings. The lowest BCUT2D eigenvalue weighted by atomic mass is 10.2. The van der Waals surface area contributed by atoms with Gasteiger partial charge in [0.1, 0.15) is 10.8 Å². The molecular formula is C21H18Cl2N4O3S. The van der Waals surface area contributed by atoms with Crippen LogP contribution in [0.4, 0.5) is 5.69 Å². The van der Waals surface area contributed by atoms with Crippen molar-refractivity contribution in [3.05, 3.63) is 68.6 Å². The third-order valence-electron chi connectivity index (χ3n) is 4.75. The Balaban J connectivity index is 1.39. The summed E-state index contributed by atoms with van der Waals surface area (Å²) in [7, 11) is 0. The van der Waals surface area contributed by atoms with Crippen molar-refractivity contribution in [2.24, 2.45) is 0 Å². The van der Waals surface area contributed by atoms with E-state index >= 15 is 0 Å². The van der Waals surface area contributed by atoms with E-state index in [1.54, 1.807) is 53.4 Å². The summed E-state index contributed by atoms with van der Waals surface area (Å²) in [5.74, 6) is 0.0647. The number of aromatic nitrogens is 2. The van der Waals surface area contributed by atoms with Crippen molar-refractivity contribution < 1.29 is 14.3 Å². The lowest BCUT2D eigenvalue weighted by Crippen LogP contribution is -2.34. The number of halogens is 2. The molecule has 1 atom stereocenters. The summed E-state index contributed by atoms with van der Waals surface area (Å²) in [6.45, 7) is 0.524. The van der Waals surface area contributed by atoms with E-state index in [1.807, 2.05) is 0 Å². The van der Waals surface area contributed by atoms with E-state index in [0.717, 1.165) is 12.8 Å². The van der Waals surface area contributed by atoms with Gasteiger partial charge < -0.3 is 15.0 Å². The van der Waals surface area contributed by atoms with Crippen molar-refractivity contribution in [3.8, 4) is 5.75 Å². The van der Waals surface area contributed by atoms with Crippen LogP contribution in [0.2, 0.25) is 10.0 Å². The number of carbonyl (C=O) groups excluding carboxylic acids is 2. The highest BCUT2D eigenvalue weighted by Gasteiger charge is 2.33. The standard InChI is InChI=1S/C21H18Cl2N4O3S/c22-13-6-8-16(9-7-13)30-12-18(28)27-10-2-5-17(27)20-25-26-21(31-20)19(29)24-15-4-1-3-14(23)11-15/h1,3-4,6-9,11,17H,2,5,10,12H2,(H,24,29)/t17-/m1/s1. The molecule has 1 fully saturated rings. The summed E-state index contributed by atoms with van der Waals surface area (Å²) in [5.41, 5.74) is 0.575. The van der Waals surface area contributed by atoms with E-state index in [4.69, 9.17) is 27.9 Å². The van der Waals surface area contributed by atoms with Crippen molar-refractivity contribution in [1.29, 1.82) is 0 Å². The van der Waals surface area contributed by atoms with Gasteiger partial charge in [-0.1, -0.05) is 40.6 Å². The number of rotatable bonds is 6. The van der Waals surface area contributed by atoms with E-state index in [0.29, 0.717) is 33.0 Å². The van der Waals surface area contributed by atoms with Crippen LogP contribution in [-0.2, 0) is 4.79 Å². The zero-order chi connectivity index (χ0) is 21.8. The molecule has 0 unspecified atom stereocenters. The molecule has 3 aromatic rings. The molecule has 0 aliphatic carbocycles. The second kappa shape index (κ2) is 9.64. The topological polar surface area (TPSA) is 84.4 Å². The second-order valence-corrected chi connectivity index (χ2v) is 8.78. The zero-order valence-corrected chi connectivity index (χ0v) is 18.6. The van der Waals surface area contributed by atoms with Gasteiger partial charge in [0, 0.05) is 22.3 Å². The van der Waals surface area contributed by atoms with Gasteiger partial charge in [-0.15, -0.1) is 10.2 Å².